The highest BCUT2D eigenvalue weighted by molar-refractivity contribution is 6.07. The van der Waals surface area contributed by atoms with Crippen molar-refractivity contribution in [3.05, 3.63) is 41.7 Å². The lowest BCUT2D eigenvalue weighted by atomic mass is 10.1. The maximum atomic E-state index is 12.9. The molecular formula is C22H29N3O5. The van der Waals surface area contributed by atoms with E-state index in [1.807, 2.05) is 27.7 Å². The zero-order valence-corrected chi connectivity index (χ0v) is 18.0. The van der Waals surface area contributed by atoms with Crippen LogP contribution in [0.3, 0.4) is 0 Å². The highest BCUT2D eigenvalue weighted by Gasteiger charge is 2.19. The molecule has 2 aromatic rings. The molecule has 0 spiro atoms. The van der Waals surface area contributed by atoms with Crippen LogP contribution in [0.25, 0.3) is 0 Å². The number of amides is 1. The maximum Gasteiger partial charge on any atom is 0.339 e. The van der Waals surface area contributed by atoms with E-state index in [2.05, 4.69) is 15.0 Å². The minimum Gasteiger partial charge on any atom is -0.492 e. The lowest BCUT2D eigenvalue weighted by Crippen LogP contribution is -2.17. The van der Waals surface area contributed by atoms with Crippen molar-refractivity contribution < 1.29 is 23.8 Å². The molecule has 0 saturated carbocycles. The second-order valence-electron chi connectivity index (χ2n) is 7.70. The van der Waals surface area contributed by atoms with Gasteiger partial charge in [-0.1, -0.05) is 27.7 Å². The lowest BCUT2D eigenvalue weighted by molar-refractivity contribution is 0.0600. The van der Waals surface area contributed by atoms with Crippen molar-refractivity contribution in [2.75, 3.05) is 31.4 Å². The number of pyridine rings is 1. The van der Waals surface area contributed by atoms with Crippen molar-refractivity contribution in [3.8, 4) is 11.5 Å². The average Bonchev–Trinajstić information content (AvgIpc) is 2.70. The number of carbonyl (C=O) groups is 2. The van der Waals surface area contributed by atoms with Gasteiger partial charge < -0.3 is 25.3 Å². The summed E-state index contributed by atoms with van der Waals surface area (Å²) in [5.74, 6) is 0.427. The molecule has 30 heavy (non-hydrogen) atoms. The quantitative estimate of drug-likeness (QED) is 0.473. The molecule has 1 aromatic carbocycles. The molecule has 1 amide bonds. The third-order valence-electron chi connectivity index (χ3n) is 3.92. The van der Waals surface area contributed by atoms with Crippen LogP contribution >= 0.6 is 0 Å². The Morgan fingerprint density at radius 2 is 1.63 bits per heavy atom. The number of rotatable bonds is 9. The van der Waals surface area contributed by atoms with Crippen molar-refractivity contribution in [3.63, 3.8) is 0 Å². The predicted octanol–water partition coefficient (Wildman–Crippen LogP) is 3.77. The number of hydrogen-bond donors (Lipinski definition) is 2. The van der Waals surface area contributed by atoms with Crippen molar-refractivity contribution >= 4 is 23.3 Å². The van der Waals surface area contributed by atoms with E-state index in [9.17, 15) is 9.59 Å². The molecule has 0 fully saturated rings. The van der Waals surface area contributed by atoms with Gasteiger partial charge in [0.25, 0.3) is 5.91 Å². The van der Waals surface area contributed by atoms with Crippen LogP contribution in [0.15, 0.2) is 30.6 Å². The molecule has 0 atom stereocenters. The van der Waals surface area contributed by atoms with Crippen molar-refractivity contribution in [2.24, 2.45) is 11.8 Å². The number of methoxy groups -OCH3 is 1. The number of nitrogens with two attached hydrogens (primary N) is 1. The van der Waals surface area contributed by atoms with E-state index in [0.717, 1.165) is 0 Å². The highest BCUT2D eigenvalue weighted by atomic mass is 16.5. The Morgan fingerprint density at radius 3 is 2.23 bits per heavy atom. The molecule has 0 bridgehead atoms. The summed E-state index contributed by atoms with van der Waals surface area (Å²) in [6.07, 6.45) is 2.79. The monoisotopic (exact) mass is 415 g/mol. The SMILES string of the molecule is COC(=O)c1cncc(NC(=O)c2cc(N)c(OCC(C)C)cc2OCC(C)C)c1. The number of anilines is 2. The van der Waals surface area contributed by atoms with E-state index in [1.54, 1.807) is 6.07 Å². The molecule has 1 aromatic heterocycles. The van der Waals surface area contributed by atoms with Gasteiger partial charge in [0.2, 0.25) is 0 Å². The number of nitrogens with one attached hydrogen (secondary N) is 1. The Balaban J connectivity index is 2.32. The molecule has 0 radical (unpaired) electrons. The first-order valence-corrected chi connectivity index (χ1v) is 9.75. The number of ether oxygens (including phenoxy) is 3. The molecule has 0 aliphatic heterocycles. The van der Waals surface area contributed by atoms with Crippen LogP contribution in [-0.2, 0) is 4.74 Å². The summed E-state index contributed by atoms with van der Waals surface area (Å²) < 4.78 is 16.3. The molecule has 8 nitrogen and oxygen atoms in total. The van der Waals surface area contributed by atoms with Crippen LogP contribution in [0.1, 0.15) is 48.4 Å². The summed E-state index contributed by atoms with van der Waals surface area (Å²) in [4.78, 5) is 28.6. The van der Waals surface area contributed by atoms with Gasteiger partial charge in [-0.05, 0) is 24.0 Å². The number of hydrogen-bond acceptors (Lipinski definition) is 7. The van der Waals surface area contributed by atoms with Gasteiger partial charge in [0, 0.05) is 12.3 Å². The number of aromatic nitrogens is 1. The number of esters is 1. The Hall–Kier alpha value is -3.29. The first kappa shape index (κ1) is 23.0. The first-order chi connectivity index (χ1) is 14.2. The number of carbonyl (C=O) groups excluding carboxylic acids is 2. The van der Waals surface area contributed by atoms with Gasteiger partial charge in [-0.25, -0.2) is 4.79 Å². The van der Waals surface area contributed by atoms with Crippen LogP contribution in [0.2, 0.25) is 0 Å². The number of benzene rings is 1. The van der Waals surface area contributed by atoms with E-state index in [4.69, 9.17) is 15.2 Å². The van der Waals surface area contributed by atoms with Gasteiger partial charge >= 0.3 is 5.97 Å². The second kappa shape index (κ2) is 10.5. The van der Waals surface area contributed by atoms with Gasteiger partial charge in [0.1, 0.15) is 11.5 Å². The molecular weight excluding hydrogens is 386 g/mol. The molecule has 8 heteroatoms. The fraction of sp³-hybridized carbons (Fsp3) is 0.409. The minimum atomic E-state index is -0.546. The Kier molecular flexibility index (Phi) is 8.03. The van der Waals surface area contributed by atoms with Gasteiger partial charge in [-0.2, -0.15) is 0 Å². The zero-order chi connectivity index (χ0) is 22.3. The summed E-state index contributed by atoms with van der Waals surface area (Å²) in [6.45, 7) is 9.00. The summed E-state index contributed by atoms with van der Waals surface area (Å²) in [7, 11) is 1.28. The number of nitrogens with zero attached hydrogens (tertiary/aromatic N) is 1. The third kappa shape index (κ3) is 6.37. The average molecular weight is 415 g/mol. The fourth-order valence-electron chi connectivity index (χ4n) is 2.45. The molecule has 2 rings (SSSR count). The number of nitrogen functional groups attached to an aromatic ring is 1. The van der Waals surface area contributed by atoms with Crippen molar-refractivity contribution in [2.45, 2.75) is 27.7 Å². The summed E-state index contributed by atoms with van der Waals surface area (Å²) in [5, 5.41) is 2.72. The van der Waals surface area contributed by atoms with Crippen LogP contribution in [0.5, 0.6) is 11.5 Å². The first-order valence-electron chi connectivity index (χ1n) is 9.75. The standard InChI is InChI=1S/C22H29N3O5/c1-13(2)11-29-19-8-20(30-12-14(3)4)18(23)7-17(19)21(26)25-16-6-15(9-24-10-16)22(27)28-5/h6-10,13-14H,11-12,23H2,1-5H3,(H,25,26). The lowest BCUT2D eigenvalue weighted by Gasteiger charge is -2.17. The topological polar surface area (TPSA) is 113 Å². The zero-order valence-electron chi connectivity index (χ0n) is 18.0. The van der Waals surface area contributed by atoms with E-state index in [0.29, 0.717) is 42.0 Å². The van der Waals surface area contributed by atoms with Crippen molar-refractivity contribution in [1.82, 2.24) is 4.98 Å². The van der Waals surface area contributed by atoms with E-state index < -0.39 is 11.9 Å². The van der Waals surface area contributed by atoms with E-state index in [-0.39, 0.29) is 17.0 Å². The predicted molar refractivity (Wildman–Crippen MR) is 115 cm³/mol. The minimum absolute atomic E-state index is 0.225. The maximum absolute atomic E-state index is 12.9. The molecule has 3 N–H and O–H groups in total. The molecule has 162 valence electrons. The molecule has 0 aliphatic rings. The van der Waals surface area contributed by atoms with E-state index in [1.165, 1.54) is 31.6 Å². The molecule has 0 saturated heterocycles. The van der Waals surface area contributed by atoms with Gasteiger partial charge in [-0.15, -0.1) is 0 Å². The summed E-state index contributed by atoms with van der Waals surface area (Å²) in [5.41, 5.74) is 7.27. The summed E-state index contributed by atoms with van der Waals surface area (Å²) >= 11 is 0. The van der Waals surface area contributed by atoms with Crippen LogP contribution in [0, 0.1) is 11.8 Å². The molecule has 1 heterocycles. The van der Waals surface area contributed by atoms with Gasteiger partial charge in [0.05, 0.1) is 49.0 Å². The van der Waals surface area contributed by atoms with Crippen LogP contribution in [-0.4, -0.2) is 37.2 Å². The Bertz CT molecular complexity index is 896. The second-order valence-corrected chi connectivity index (χ2v) is 7.70. The smallest absolute Gasteiger partial charge is 0.339 e. The fourth-order valence-corrected chi connectivity index (χ4v) is 2.45. The Labute approximate surface area is 176 Å². The van der Waals surface area contributed by atoms with Crippen molar-refractivity contribution in [1.29, 1.82) is 0 Å². The van der Waals surface area contributed by atoms with Gasteiger partial charge in [-0.3, -0.25) is 9.78 Å². The van der Waals surface area contributed by atoms with E-state index >= 15 is 0 Å². The Morgan fingerprint density at radius 1 is 1.00 bits per heavy atom. The largest absolute Gasteiger partial charge is 0.492 e. The molecule has 0 unspecified atom stereocenters. The van der Waals surface area contributed by atoms with Gasteiger partial charge in [0.15, 0.2) is 0 Å². The summed E-state index contributed by atoms with van der Waals surface area (Å²) in [6, 6.07) is 4.64. The normalized spacial score (nSPS) is 10.8. The highest BCUT2D eigenvalue weighted by Crippen LogP contribution is 2.32. The molecule has 0 aliphatic carbocycles. The van der Waals surface area contributed by atoms with Crippen LogP contribution < -0.4 is 20.5 Å². The van der Waals surface area contributed by atoms with Crippen LogP contribution in [0.4, 0.5) is 11.4 Å². The third-order valence-corrected chi connectivity index (χ3v) is 3.92.